The number of hydrogen-bond acceptors (Lipinski definition) is 1. The molecule has 2 amide bonds. The van der Waals surface area contributed by atoms with E-state index in [1.54, 1.807) is 0 Å². The molecule has 34 heavy (non-hydrogen) atoms. The number of alkyl halides is 18. The summed E-state index contributed by atoms with van der Waals surface area (Å²) in [5.74, 6) is -40.8. The molecule has 2 N–H and O–H groups in total. The van der Waals surface area contributed by atoms with Crippen LogP contribution in [0, 0.1) is 0 Å². The van der Waals surface area contributed by atoms with Crippen molar-refractivity contribution in [1.82, 2.24) is 10.6 Å². The Hall–Kier alpha value is -1.99. The van der Waals surface area contributed by atoms with E-state index in [2.05, 4.69) is 0 Å². The second kappa shape index (κ2) is 9.23. The Morgan fingerprint density at radius 2 is 0.676 bits per heavy atom. The molecule has 0 aliphatic heterocycles. The van der Waals surface area contributed by atoms with E-state index in [4.69, 9.17) is 0 Å². The van der Waals surface area contributed by atoms with Crippen LogP contribution in [0.4, 0.5) is 83.8 Å². The second-order valence-corrected chi connectivity index (χ2v) is 6.38. The highest BCUT2D eigenvalue weighted by molar-refractivity contribution is 5.73. The van der Waals surface area contributed by atoms with Crippen LogP contribution in [-0.2, 0) is 0 Å². The Labute approximate surface area is 175 Å². The molecule has 0 aliphatic carbocycles. The fourth-order valence-corrected chi connectivity index (χ4v) is 1.86. The summed E-state index contributed by atoms with van der Waals surface area (Å²) in [5.41, 5.74) is 0. The zero-order valence-electron chi connectivity index (χ0n) is 15.5. The molecule has 0 unspecified atom stereocenters. The van der Waals surface area contributed by atoms with Gasteiger partial charge in [0.25, 0.3) is 0 Å². The van der Waals surface area contributed by atoms with Crippen LogP contribution in [0.5, 0.6) is 0 Å². The first-order valence-corrected chi connectivity index (χ1v) is 8.02. The minimum Gasteiger partial charge on any atom is -0.338 e. The molecule has 0 saturated heterocycles. The van der Waals surface area contributed by atoms with Crippen LogP contribution in [0.25, 0.3) is 0 Å². The second-order valence-electron chi connectivity index (χ2n) is 6.38. The van der Waals surface area contributed by atoms with Gasteiger partial charge in [-0.05, 0) is 0 Å². The number of amides is 2. The molecule has 0 rings (SSSR count). The zero-order chi connectivity index (χ0) is 27.8. The smallest absolute Gasteiger partial charge is 0.338 e. The lowest BCUT2D eigenvalue weighted by molar-refractivity contribution is -0.396. The van der Waals surface area contributed by atoms with Crippen LogP contribution < -0.4 is 10.6 Å². The third-order valence-corrected chi connectivity index (χ3v) is 3.87. The van der Waals surface area contributed by atoms with Gasteiger partial charge in [-0.25, -0.2) is 4.79 Å². The van der Waals surface area contributed by atoms with Gasteiger partial charge in [-0.1, -0.05) is 0 Å². The van der Waals surface area contributed by atoms with Gasteiger partial charge in [0.15, 0.2) is 0 Å². The van der Waals surface area contributed by atoms with E-state index in [1.165, 1.54) is 0 Å². The van der Waals surface area contributed by atoms with E-state index in [1.807, 2.05) is 0 Å². The predicted molar refractivity (Wildman–Crippen MR) is 72.4 cm³/mol. The van der Waals surface area contributed by atoms with E-state index in [-0.39, 0.29) is 0 Å². The number of urea groups is 1. The number of rotatable bonds is 10. The molecule has 0 heterocycles. The molecule has 0 aromatic rings. The maximum absolute atomic E-state index is 13.2. The molecule has 0 fully saturated rings. The van der Waals surface area contributed by atoms with Crippen LogP contribution >= 0.6 is 0 Å². The number of carbonyl (C=O) groups is 1. The molecule has 0 bridgehead atoms. The van der Waals surface area contributed by atoms with Crippen molar-refractivity contribution in [2.75, 3.05) is 13.1 Å². The summed E-state index contributed by atoms with van der Waals surface area (Å²) in [5, 5.41) is 2.06. The summed E-state index contributed by atoms with van der Waals surface area (Å²) >= 11 is 0. The zero-order valence-corrected chi connectivity index (χ0v) is 15.5. The maximum atomic E-state index is 13.2. The van der Waals surface area contributed by atoms with E-state index in [0.29, 0.717) is 0 Å². The molecule has 0 saturated carbocycles. The molecule has 204 valence electrons. The molecular formula is C13H10F18N2O. The molecule has 21 heteroatoms. The average molecular weight is 552 g/mol. The summed E-state index contributed by atoms with van der Waals surface area (Å²) in [6.07, 6.45) is -19.5. The first kappa shape index (κ1) is 32.0. The van der Waals surface area contributed by atoms with E-state index in [0.717, 1.165) is 10.6 Å². The first-order valence-electron chi connectivity index (χ1n) is 8.02. The van der Waals surface area contributed by atoms with Gasteiger partial charge in [-0.15, -0.1) is 0 Å². The standard InChI is InChI=1S/C13H10F18N2O/c14-6(15,8(18,19)10(22,23)12(26,27)28)1-3-32-5(34)33-4-2-7(16,17)9(20,21)11(24,25)13(29,30)31/h1-4H2,(H2,32,33,34). The Kier molecular flexibility index (Phi) is 8.69. The van der Waals surface area contributed by atoms with Crippen LogP contribution in [0.3, 0.4) is 0 Å². The minimum absolute atomic E-state index is 1.03. The summed E-state index contributed by atoms with van der Waals surface area (Å²) in [4.78, 5) is 11.1. The lowest BCUT2D eigenvalue weighted by Crippen LogP contribution is -2.61. The van der Waals surface area contributed by atoms with Crippen molar-refractivity contribution in [3.63, 3.8) is 0 Å². The lowest BCUT2D eigenvalue weighted by atomic mass is 10.0. The third kappa shape index (κ3) is 5.80. The normalized spacial score (nSPS) is 15.4. The van der Waals surface area contributed by atoms with Gasteiger partial charge in [-0.2, -0.15) is 79.0 Å². The number of halogens is 18. The number of hydrogen-bond donors (Lipinski definition) is 2. The van der Waals surface area contributed by atoms with Crippen LogP contribution in [-0.4, -0.2) is 67.0 Å². The quantitative estimate of drug-likeness (QED) is 0.321. The molecule has 3 nitrogen and oxygen atoms in total. The fraction of sp³-hybridized carbons (Fsp3) is 0.923. The van der Waals surface area contributed by atoms with Crippen molar-refractivity contribution in [1.29, 1.82) is 0 Å². The van der Waals surface area contributed by atoms with Gasteiger partial charge in [0, 0.05) is 25.9 Å². The maximum Gasteiger partial charge on any atom is 0.460 e. The van der Waals surface area contributed by atoms with Crippen molar-refractivity contribution in [2.24, 2.45) is 0 Å². The van der Waals surface area contributed by atoms with Crippen LogP contribution in [0.15, 0.2) is 0 Å². The van der Waals surface area contributed by atoms with Crippen molar-refractivity contribution >= 4 is 6.03 Å². The minimum atomic E-state index is -7.24. The third-order valence-electron chi connectivity index (χ3n) is 3.87. The van der Waals surface area contributed by atoms with Crippen LogP contribution in [0.2, 0.25) is 0 Å². The highest BCUT2D eigenvalue weighted by Crippen LogP contribution is 2.55. The average Bonchev–Trinajstić information content (AvgIpc) is 2.58. The van der Waals surface area contributed by atoms with Gasteiger partial charge in [0.2, 0.25) is 0 Å². The molecular weight excluding hydrogens is 542 g/mol. The van der Waals surface area contributed by atoms with Crippen LogP contribution in [0.1, 0.15) is 12.8 Å². The Morgan fingerprint density at radius 3 is 0.882 bits per heavy atom. The summed E-state index contributed by atoms with van der Waals surface area (Å²) in [7, 11) is 0. The first-order chi connectivity index (χ1) is 14.6. The summed E-state index contributed by atoms with van der Waals surface area (Å²) in [6, 6.07) is -2.02. The summed E-state index contributed by atoms with van der Waals surface area (Å²) < 4.78 is 226. The van der Waals surface area contributed by atoms with Gasteiger partial charge in [0.1, 0.15) is 0 Å². The highest BCUT2D eigenvalue weighted by atomic mass is 19.4. The van der Waals surface area contributed by atoms with Crippen molar-refractivity contribution in [3.8, 4) is 0 Å². The van der Waals surface area contributed by atoms with Crippen molar-refractivity contribution < 1.29 is 83.8 Å². The molecule has 0 aromatic heterocycles. The van der Waals surface area contributed by atoms with E-state index >= 15 is 0 Å². The SMILES string of the molecule is O=C(NCCC(F)(F)C(F)(F)C(F)(F)C(F)(F)F)NCCC(F)(F)C(F)(F)C(F)(F)C(F)(F)F. The molecule has 0 aliphatic rings. The Morgan fingerprint density at radius 1 is 0.441 bits per heavy atom. The van der Waals surface area contributed by atoms with Crippen molar-refractivity contribution in [2.45, 2.75) is 60.7 Å². The monoisotopic (exact) mass is 552 g/mol. The van der Waals surface area contributed by atoms with E-state index in [9.17, 15) is 83.8 Å². The molecule has 0 spiro atoms. The predicted octanol–water partition coefficient (Wildman–Crippen LogP) is 6.00. The fourth-order valence-electron chi connectivity index (χ4n) is 1.86. The largest absolute Gasteiger partial charge is 0.460 e. The Balaban J connectivity index is 4.98. The molecule has 0 aromatic carbocycles. The van der Waals surface area contributed by atoms with Gasteiger partial charge in [0.05, 0.1) is 0 Å². The Bertz CT molecular complexity index is 652. The lowest BCUT2D eigenvalue weighted by Gasteiger charge is -2.34. The molecule has 0 radical (unpaired) electrons. The van der Waals surface area contributed by atoms with Gasteiger partial charge >= 0.3 is 53.9 Å². The number of carbonyl (C=O) groups excluding carboxylic acids is 1. The highest BCUT2D eigenvalue weighted by Gasteiger charge is 2.82. The van der Waals surface area contributed by atoms with Crippen molar-refractivity contribution in [3.05, 3.63) is 0 Å². The topological polar surface area (TPSA) is 41.1 Å². The number of nitrogens with one attached hydrogen (secondary N) is 2. The van der Waals surface area contributed by atoms with Gasteiger partial charge < -0.3 is 10.6 Å². The summed E-state index contributed by atoms with van der Waals surface area (Å²) in [6.45, 7) is -3.69. The molecule has 0 atom stereocenters. The van der Waals surface area contributed by atoms with E-state index < -0.39 is 79.9 Å². The van der Waals surface area contributed by atoms with Gasteiger partial charge in [-0.3, -0.25) is 0 Å².